The number of carboxylic acid groups (broad SMARTS) is 1. The van der Waals surface area contributed by atoms with Crippen molar-refractivity contribution in [3.8, 4) is 0 Å². The minimum Gasteiger partial charge on any atom is -0.480 e. The minimum atomic E-state index is -0.871. The van der Waals surface area contributed by atoms with Crippen molar-refractivity contribution in [3.63, 3.8) is 0 Å². The van der Waals surface area contributed by atoms with Crippen LogP contribution in [-0.2, 0) is 9.59 Å². The Hall–Kier alpha value is -0.710. The van der Waals surface area contributed by atoms with Crippen molar-refractivity contribution in [1.29, 1.82) is 0 Å². The first kappa shape index (κ1) is 13.4. The van der Waals surface area contributed by atoms with Gasteiger partial charge < -0.3 is 10.0 Å². The number of rotatable bonds is 4. The number of aliphatic carboxylic acids is 1. The Morgan fingerprint density at radius 1 is 1.44 bits per heavy atom. The Morgan fingerprint density at radius 3 is 2.69 bits per heavy atom. The molecule has 1 aliphatic rings. The molecule has 1 aliphatic heterocycles. The molecule has 1 fully saturated rings. The summed E-state index contributed by atoms with van der Waals surface area (Å²) in [5, 5.41) is 9.10. The minimum absolute atomic E-state index is 0.0195. The maximum absolute atomic E-state index is 11.9. The van der Waals surface area contributed by atoms with Gasteiger partial charge in [0, 0.05) is 18.2 Å². The van der Waals surface area contributed by atoms with Crippen LogP contribution in [0.15, 0.2) is 0 Å². The van der Waals surface area contributed by atoms with Gasteiger partial charge in [-0.15, -0.1) is 0 Å². The van der Waals surface area contributed by atoms with Crippen molar-refractivity contribution in [2.75, 3.05) is 12.0 Å². The zero-order valence-electron chi connectivity index (χ0n) is 9.81. The molecule has 0 spiro atoms. The zero-order valence-corrected chi connectivity index (χ0v) is 10.6. The predicted molar refractivity (Wildman–Crippen MR) is 64.6 cm³/mol. The number of carbonyl (C=O) groups is 2. The lowest BCUT2D eigenvalue weighted by Gasteiger charge is -2.38. The largest absolute Gasteiger partial charge is 0.480 e. The molecule has 5 heteroatoms. The van der Waals surface area contributed by atoms with Crippen molar-refractivity contribution < 1.29 is 14.7 Å². The third-order valence-corrected chi connectivity index (χ3v) is 3.62. The average molecular weight is 245 g/mol. The number of amides is 1. The fourth-order valence-corrected chi connectivity index (χ4v) is 2.55. The van der Waals surface area contributed by atoms with E-state index in [0.29, 0.717) is 12.8 Å². The highest BCUT2D eigenvalue weighted by molar-refractivity contribution is 7.98. The van der Waals surface area contributed by atoms with E-state index >= 15 is 0 Å². The summed E-state index contributed by atoms with van der Waals surface area (Å²) < 4.78 is 0. The standard InChI is InChI=1S/C11H19NO3S/c1-8-4-3-5-9(11(14)15)12(8)10(13)6-7-16-2/h8-9H,3-7H2,1-2H3,(H,14,15)/t8-,9-/m0/s1. The van der Waals surface area contributed by atoms with Gasteiger partial charge in [-0.3, -0.25) is 4.79 Å². The molecule has 0 aromatic heterocycles. The third-order valence-electron chi connectivity index (χ3n) is 3.00. The molecule has 4 nitrogen and oxygen atoms in total. The predicted octanol–water partition coefficient (Wildman–Crippen LogP) is 1.59. The van der Waals surface area contributed by atoms with Crippen LogP contribution in [0.2, 0.25) is 0 Å². The lowest BCUT2D eigenvalue weighted by Crippen LogP contribution is -2.52. The van der Waals surface area contributed by atoms with Crippen LogP contribution in [0.3, 0.4) is 0 Å². The Balaban J connectivity index is 2.69. The van der Waals surface area contributed by atoms with Crippen LogP contribution in [0.5, 0.6) is 0 Å². The van der Waals surface area contributed by atoms with Gasteiger partial charge in [0.25, 0.3) is 0 Å². The molecule has 1 rings (SSSR count). The first-order chi connectivity index (χ1) is 7.57. The molecule has 0 aliphatic carbocycles. The lowest BCUT2D eigenvalue weighted by atomic mass is 9.96. The van der Waals surface area contributed by atoms with Gasteiger partial charge in [-0.1, -0.05) is 0 Å². The van der Waals surface area contributed by atoms with Crippen molar-refractivity contribution in [2.45, 2.75) is 44.7 Å². The average Bonchev–Trinajstić information content (AvgIpc) is 2.25. The smallest absolute Gasteiger partial charge is 0.326 e. The van der Waals surface area contributed by atoms with Crippen LogP contribution in [0.25, 0.3) is 0 Å². The Labute approximate surface area is 100 Å². The molecule has 92 valence electrons. The topological polar surface area (TPSA) is 57.6 Å². The molecule has 16 heavy (non-hydrogen) atoms. The number of piperidine rings is 1. The first-order valence-corrected chi connectivity index (χ1v) is 7.00. The van der Waals surface area contributed by atoms with Crippen LogP contribution < -0.4 is 0 Å². The summed E-state index contributed by atoms with van der Waals surface area (Å²) in [6.45, 7) is 1.94. The molecule has 1 heterocycles. The normalized spacial score (nSPS) is 25.5. The van der Waals surface area contributed by atoms with Gasteiger partial charge in [-0.25, -0.2) is 4.79 Å². The number of hydrogen-bond donors (Lipinski definition) is 1. The third kappa shape index (κ3) is 3.14. The first-order valence-electron chi connectivity index (χ1n) is 5.60. The summed E-state index contributed by atoms with van der Waals surface area (Å²) in [6.07, 6.45) is 4.78. The summed E-state index contributed by atoms with van der Waals surface area (Å²) in [5.74, 6) is -0.132. The fourth-order valence-electron chi connectivity index (χ4n) is 2.17. The summed E-state index contributed by atoms with van der Waals surface area (Å²) in [4.78, 5) is 24.6. The summed E-state index contributed by atoms with van der Waals surface area (Å²) in [7, 11) is 0. The Morgan fingerprint density at radius 2 is 2.12 bits per heavy atom. The van der Waals surface area contributed by atoms with Gasteiger partial charge in [-0.05, 0) is 32.4 Å². The maximum atomic E-state index is 11.9. The zero-order chi connectivity index (χ0) is 12.1. The summed E-state index contributed by atoms with van der Waals surface area (Å²) in [6, 6.07) is -0.553. The highest BCUT2D eigenvalue weighted by atomic mass is 32.2. The van der Waals surface area contributed by atoms with Crippen molar-refractivity contribution in [1.82, 2.24) is 4.90 Å². The SMILES string of the molecule is CSCCC(=O)N1[C@@H](C)CCC[C@H]1C(=O)O. The van der Waals surface area contributed by atoms with E-state index in [4.69, 9.17) is 5.11 Å². The molecule has 0 aromatic rings. The number of thioether (sulfide) groups is 1. The fraction of sp³-hybridized carbons (Fsp3) is 0.818. The van der Waals surface area contributed by atoms with Crippen molar-refractivity contribution in [3.05, 3.63) is 0 Å². The van der Waals surface area contributed by atoms with Crippen molar-refractivity contribution in [2.24, 2.45) is 0 Å². The molecule has 2 atom stereocenters. The van der Waals surface area contributed by atoms with E-state index in [1.54, 1.807) is 16.7 Å². The summed E-state index contributed by atoms with van der Waals surface area (Å²) in [5.41, 5.74) is 0. The molecule has 0 bridgehead atoms. The molecular formula is C11H19NO3S. The molecule has 0 radical (unpaired) electrons. The molecule has 0 aromatic carbocycles. The molecule has 0 saturated carbocycles. The molecule has 1 saturated heterocycles. The Kier molecular flexibility index (Phi) is 5.12. The van der Waals surface area contributed by atoms with Gasteiger partial charge in [-0.2, -0.15) is 11.8 Å². The number of carbonyl (C=O) groups excluding carboxylic acids is 1. The van der Waals surface area contributed by atoms with E-state index in [9.17, 15) is 9.59 Å². The number of nitrogens with zero attached hydrogens (tertiary/aromatic N) is 1. The van der Waals surface area contributed by atoms with Crippen LogP contribution in [-0.4, -0.2) is 46.0 Å². The number of carboxylic acids is 1. The van der Waals surface area contributed by atoms with E-state index < -0.39 is 12.0 Å². The van der Waals surface area contributed by atoms with E-state index in [1.807, 2.05) is 13.2 Å². The van der Waals surface area contributed by atoms with Gasteiger partial charge in [0.1, 0.15) is 6.04 Å². The van der Waals surface area contributed by atoms with Gasteiger partial charge in [0.15, 0.2) is 0 Å². The number of hydrogen-bond acceptors (Lipinski definition) is 3. The van der Waals surface area contributed by atoms with E-state index in [-0.39, 0.29) is 11.9 Å². The number of likely N-dealkylation sites (tertiary alicyclic amines) is 1. The van der Waals surface area contributed by atoms with Crippen molar-refractivity contribution >= 4 is 23.6 Å². The highest BCUT2D eigenvalue weighted by Crippen LogP contribution is 2.24. The van der Waals surface area contributed by atoms with E-state index in [0.717, 1.165) is 18.6 Å². The molecular weight excluding hydrogens is 226 g/mol. The summed E-state index contributed by atoms with van der Waals surface area (Å²) >= 11 is 1.61. The van der Waals surface area contributed by atoms with Crippen LogP contribution in [0.1, 0.15) is 32.6 Å². The van der Waals surface area contributed by atoms with Crippen LogP contribution in [0, 0.1) is 0 Å². The quantitative estimate of drug-likeness (QED) is 0.817. The second kappa shape index (κ2) is 6.13. The van der Waals surface area contributed by atoms with Crippen LogP contribution in [0.4, 0.5) is 0 Å². The molecule has 1 amide bonds. The maximum Gasteiger partial charge on any atom is 0.326 e. The lowest BCUT2D eigenvalue weighted by molar-refractivity contribution is -0.154. The van der Waals surface area contributed by atoms with E-state index in [1.165, 1.54) is 0 Å². The van der Waals surface area contributed by atoms with E-state index in [2.05, 4.69) is 0 Å². The Bertz CT molecular complexity index is 270. The second-order valence-electron chi connectivity index (χ2n) is 4.18. The monoisotopic (exact) mass is 245 g/mol. The van der Waals surface area contributed by atoms with Gasteiger partial charge in [0.05, 0.1) is 0 Å². The van der Waals surface area contributed by atoms with Gasteiger partial charge >= 0.3 is 5.97 Å². The highest BCUT2D eigenvalue weighted by Gasteiger charge is 2.35. The van der Waals surface area contributed by atoms with Crippen LogP contribution >= 0.6 is 11.8 Å². The van der Waals surface area contributed by atoms with Gasteiger partial charge in [0.2, 0.25) is 5.91 Å². The molecule has 1 N–H and O–H groups in total. The second-order valence-corrected chi connectivity index (χ2v) is 5.16. The molecule has 0 unspecified atom stereocenters.